The fourth-order valence-corrected chi connectivity index (χ4v) is 2.76. The van der Waals surface area contributed by atoms with Crippen LogP contribution in [0.15, 0.2) is 42.7 Å². The molecule has 0 N–H and O–H groups in total. The van der Waals surface area contributed by atoms with Gasteiger partial charge in [-0.3, -0.25) is 4.79 Å². The maximum atomic E-state index is 12.7. The van der Waals surface area contributed by atoms with Crippen LogP contribution in [0.1, 0.15) is 0 Å². The molecular formula is C19H24N4O4. The normalized spacial score (nSPS) is 16.7. The molecule has 1 fully saturated rings. The van der Waals surface area contributed by atoms with Crippen molar-refractivity contribution in [3.05, 3.63) is 42.7 Å². The van der Waals surface area contributed by atoms with Crippen molar-refractivity contribution in [2.24, 2.45) is 0 Å². The predicted molar refractivity (Wildman–Crippen MR) is 100 cm³/mol. The molecule has 2 aromatic rings. The maximum Gasteiger partial charge on any atom is 0.253 e. The Morgan fingerprint density at radius 3 is 2.67 bits per heavy atom. The number of ether oxygens (including phenoxy) is 3. The summed E-state index contributed by atoms with van der Waals surface area (Å²) < 4.78 is 16.5. The van der Waals surface area contributed by atoms with Crippen LogP contribution < -0.4 is 14.4 Å². The number of aromatic nitrogens is 2. The molecule has 1 aliphatic heterocycles. The van der Waals surface area contributed by atoms with Crippen molar-refractivity contribution >= 4 is 11.9 Å². The Morgan fingerprint density at radius 1 is 1.26 bits per heavy atom. The molecule has 0 saturated carbocycles. The first-order valence-electron chi connectivity index (χ1n) is 8.83. The summed E-state index contributed by atoms with van der Waals surface area (Å²) in [5.74, 6) is 2.05. The number of amides is 1. The number of benzene rings is 1. The van der Waals surface area contributed by atoms with Crippen molar-refractivity contribution < 1.29 is 19.0 Å². The Morgan fingerprint density at radius 2 is 1.96 bits per heavy atom. The topological polar surface area (TPSA) is 77.0 Å². The highest BCUT2D eigenvalue weighted by Gasteiger charge is 2.29. The van der Waals surface area contributed by atoms with Crippen molar-refractivity contribution in [2.75, 3.05) is 51.9 Å². The number of carbonyl (C=O) groups excluding carboxylic acids is 1. The molecule has 0 unspecified atom stereocenters. The van der Waals surface area contributed by atoms with E-state index >= 15 is 0 Å². The van der Waals surface area contributed by atoms with Gasteiger partial charge in [-0.2, -0.15) is 0 Å². The lowest BCUT2D eigenvalue weighted by Crippen LogP contribution is -2.51. The quantitative estimate of drug-likeness (QED) is 0.723. The van der Waals surface area contributed by atoms with E-state index in [2.05, 4.69) is 9.97 Å². The number of hydrogen-bond acceptors (Lipinski definition) is 7. The van der Waals surface area contributed by atoms with Gasteiger partial charge in [0.15, 0.2) is 6.10 Å². The summed E-state index contributed by atoms with van der Waals surface area (Å²) in [5, 5.41) is 0. The molecule has 8 nitrogen and oxygen atoms in total. The maximum absolute atomic E-state index is 12.7. The van der Waals surface area contributed by atoms with E-state index in [0.29, 0.717) is 38.8 Å². The van der Waals surface area contributed by atoms with E-state index < -0.39 is 6.10 Å². The average molecular weight is 372 g/mol. The Hall–Kier alpha value is -2.87. The van der Waals surface area contributed by atoms with Gasteiger partial charge < -0.3 is 24.0 Å². The van der Waals surface area contributed by atoms with E-state index in [1.807, 2.05) is 29.2 Å². The third kappa shape index (κ3) is 5.07. The molecule has 144 valence electrons. The molecule has 0 aliphatic carbocycles. The second-order valence-corrected chi connectivity index (χ2v) is 6.14. The summed E-state index contributed by atoms with van der Waals surface area (Å²) in [5.41, 5.74) is 0. The largest absolute Gasteiger partial charge is 0.497 e. The van der Waals surface area contributed by atoms with E-state index in [1.165, 1.54) is 0 Å². The van der Waals surface area contributed by atoms with E-state index in [4.69, 9.17) is 14.2 Å². The van der Waals surface area contributed by atoms with Crippen LogP contribution in [0.5, 0.6) is 11.5 Å². The highest BCUT2D eigenvalue weighted by molar-refractivity contribution is 5.81. The molecule has 1 aliphatic rings. The smallest absolute Gasteiger partial charge is 0.253 e. The first-order chi connectivity index (χ1) is 13.2. The zero-order chi connectivity index (χ0) is 19.1. The number of likely N-dealkylation sites (N-methyl/N-ethyl adjacent to an activating group) is 1. The molecule has 3 rings (SSSR count). The Bertz CT molecular complexity index is 726. The number of hydrogen-bond donors (Lipinski definition) is 0. The Kier molecular flexibility index (Phi) is 6.43. The predicted octanol–water partition coefficient (Wildman–Crippen LogP) is 1.23. The molecule has 0 bridgehead atoms. The van der Waals surface area contributed by atoms with Gasteiger partial charge in [0.05, 0.1) is 26.8 Å². The molecule has 8 heteroatoms. The lowest BCUT2D eigenvalue weighted by molar-refractivity contribution is -0.143. The van der Waals surface area contributed by atoms with E-state index in [1.54, 1.807) is 37.5 Å². The van der Waals surface area contributed by atoms with Gasteiger partial charge in [0.25, 0.3) is 5.91 Å². The number of anilines is 1. The minimum atomic E-state index is -0.534. The number of rotatable bonds is 7. The van der Waals surface area contributed by atoms with Crippen LogP contribution in [0.3, 0.4) is 0 Å². The number of morpholine rings is 1. The highest BCUT2D eigenvalue weighted by atomic mass is 16.5. The Balaban J connectivity index is 1.47. The van der Waals surface area contributed by atoms with Crippen molar-refractivity contribution in [3.63, 3.8) is 0 Å². The molecule has 1 atom stereocenters. The van der Waals surface area contributed by atoms with Crippen LogP contribution in [0.2, 0.25) is 0 Å². The lowest BCUT2D eigenvalue weighted by atomic mass is 10.2. The highest BCUT2D eigenvalue weighted by Crippen LogP contribution is 2.17. The van der Waals surface area contributed by atoms with Crippen LogP contribution in [0.25, 0.3) is 0 Å². The first kappa shape index (κ1) is 18.9. The van der Waals surface area contributed by atoms with Crippen molar-refractivity contribution in [3.8, 4) is 11.5 Å². The zero-order valence-corrected chi connectivity index (χ0v) is 15.6. The SMILES string of the molecule is COc1ccc(OCCN(C)C(=O)[C@@H]2CN(c3ncccn3)CCO2)cc1. The second kappa shape index (κ2) is 9.18. The van der Waals surface area contributed by atoms with Gasteiger partial charge in [-0.1, -0.05) is 0 Å². The monoisotopic (exact) mass is 372 g/mol. The minimum Gasteiger partial charge on any atom is -0.497 e. The fourth-order valence-electron chi connectivity index (χ4n) is 2.76. The van der Waals surface area contributed by atoms with Gasteiger partial charge in [-0.05, 0) is 30.3 Å². The molecule has 1 aromatic carbocycles. The van der Waals surface area contributed by atoms with Crippen LogP contribution >= 0.6 is 0 Å². The third-order valence-electron chi connectivity index (χ3n) is 4.31. The number of nitrogens with zero attached hydrogens (tertiary/aromatic N) is 4. The van der Waals surface area contributed by atoms with Crippen molar-refractivity contribution in [1.82, 2.24) is 14.9 Å². The molecule has 1 aromatic heterocycles. The van der Waals surface area contributed by atoms with Crippen LogP contribution in [-0.2, 0) is 9.53 Å². The van der Waals surface area contributed by atoms with Crippen LogP contribution in [0, 0.1) is 0 Å². The average Bonchev–Trinajstić information content (AvgIpc) is 2.74. The zero-order valence-electron chi connectivity index (χ0n) is 15.6. The van der Waals surface area contributed by atoms with E-state index in [-0.39, 0.29) is 5.91 Å². The summed E-state index contributed by atoms with van der Waals surface area (Å²) in [6.45, 7) is 2.43. The molecule has 1 saturated heterocycles. The number of methoxy groups -OCH3 is 1. The molecule has 27 heavy (non-hydrogen) atoms. The molecular weight excluding hydrogens is 348 g/mol. The van der Waals surface area contributed by atoms with Gasteiger partial charge in [-0.25, -0.2) is 9.97 Å². The minimum absolute atomic E-state index is 0.0750. The second-order valence-electron chi connectivity index (χ2n) is 6.14. The van der Waals surface area contributed by atoms with E-state index in [0.717, 1.165) is 11.5 Å². The third-order valence-corrected chi connectivity index (χ3v) is 4.31. The first-order valence-corrected chi connectivity index (χ1v) is 8.83. The van der Waals surface area contributed by atoms with Gasteiger partial charge in [0.2, 0.25) is 5.95 Å². The summed E-state index contributed by atoms with van der Waals surface area (Å²) in [7, 11) is 3.37. The molecule has 2 heterocycles. The summed E-state index contributed by atoms with van der Waals surface area (Å²) >= 11 is 0. The summed E-state index contributed by atoms with van der Waals surface area (Å²) in [4.78, 5) is 24.7. The van der Waals surface area contributed by atoms with E-state index in [9.17, 15) is 4.79 Å². The number of carbonyl (C=O) groups is 1. The van der Waals surface area contributed by atoms with Crippen molar-refractivity contribution in [1.29, 1.82) is 0 Å². The van der Waals surface area contributed by atoms with Gasteiger partial charge in [-0.15, -0.1) is 0 Å². The summed E-state index contributed by atoms with van der Waals surface area (Å²) in [6.07, 6.45) is 2.85. The van der Waals surface area contributed by atoms with Gasteiger partial charge >= 0.3 is 0 Å². The summed E-state index contributed by atoms with van der Waals surface area (Å²) in [6, 6.07) is 9.11. The molecule has 1 amide bonds. The van der Waals surface area contributed by atoms with Crippen LogP contribution in [-0.4, -0.2) is 73.9 Å². The molecule has 0 spiro atoms. The molecule has 0 radical (unpaired) electrons. The fraction of sp³-hybridized carbons (Fsp3) is 0.421. The van der Waals surface area contributed by atoms with Gasteiger partial charge in [0, 0.05) is 26.0 Å². The lowest BCUT2D eigenvalue weighted by Gasteiger charge is -2.33. The van der Waals surface area contributed by atoms with Crippen molar-refractivity contribution in [2.45, 2.75) is 6.10 Å². The van der Waals surface area contributed by atoms with Crippen LogP contribution in [0.4, 0.5) is 5.95 Å². The Labute approximate surface area is 158 Å². The van der Waals surface area contributed by atoms with Gasteiger partial charge in [0.1, 0.15) is 18.1 Å². The standard InChI is InChI=1S/C19H24N4O4/c1-22(10-12-26-16-6-4-15(25-2)5-7-16)18(24)17-14-23(11-13-27-17)19-20-8-3-9-21-19/h3-9,17H,10-14H2,1-2H3/t17-/m0/s1.